The Balaban J connectivity index is 2.85. The first-order valence-corrected chi connectivity index (χ1v) is 4.34. The molecule has 0 fully saturated rings. The van der Waals surface area contributed by atoms with E-state index in [2.05, 4.69) is 15.3 Å². The maximum Gasteiger partial charge on any atom is 0.308 e. The van der Waals surface area contributed by atoms with Gasteiger partial charge in [0.05, 0.1) is 6.20 Å². The van der Waals surface area contributed by atoms with Crippen LogP contribution >= 0.6 is 0 Å². The summed E-state index contributed by atoms with van der Waals surface area (Å²) >= 11 is 0. The van der Waals surface area contributed by atoms with Crippen molar-refractivity contribution in [2.45, 2.75) is 26.8 Å². The fraction of sp³-hybridized carbons (Fsp3) is 0.444. The van der Waals surface area contributed by atoms with Crippen molar-refractivity contribution in [2.24, 2.45) is 0 Å². The Bertz CT molecular complexity index is 326. The second-order valence-corrected chi connectivity index (χ2v) is 3.13. The van der Waals surface area contributed by atoms with Crippen LogP contribution in [0.1, 0.15) is 20.8 Å². The summed E-state index contributed by atoms with van der Waals surface area (Å²) in [6.07, 6.45) is 2.86. The smallest absolute Gasteiger partial charge is 0.308 e. The Labute approximate surface area is 82.5 Å². The van der Waals surface area contributed by atoms with Crippen molar-refractivity contribution in [3.05, 3.63) is 12.5 Å². The zero-order chi connectivity index (χ0) is 10.6. The third-order valence-electron chi connectivity index (χ3n) is 1.36. The molecule has 5 nitrogen and oxygen atoms in total. The summed E-state index contributed by atoms with van der Waals surface area (Å²) in [6.45, 7) is 5.28. The predicted molar refractivity (Wildman–Crippen MR) is 52.1 cm³/mol. The van der Waals surface area contributed by atoms with Crippen LogP contribution in [0, 0.1) is 0 Å². The summed E-state index contributed by atoms with van der Waals surface area (Å²) in [4.78, 5) is 18.5. The zero-order valence-electron chi connectivity index (χ0n) is 8.44. The van der Waals surface area contributed by atoms with E-state index in [4.69, 9.17) is 4.74 Å². The lowest BCUT2D eigenvalue weighted by atomic mass is 10.4. The molecule has 0 aliphatic rings. The van der Waals surface area contributed by atoms with Crippen LogP contribution in [0.5, 0.6) is 5.75 Å². The molecule has 0 unspecified atom stereocenters. The Kier molecular flexibility index (Phi) is 3.39. The quantitative estimate of drug-likeness (QED) is 0.735. The molecule has 76 valence electrons. The van der Waals surface area contributed by atoms with Crippen molar-refractivity contribution >= 4 is 11.8 Å². The zero-order valence-corrected chi connectivity index (χ0v) is 8.44. The van der Waals surface area contributed by atoms with Crippen LogP contribution in [-0.2, 0) is 4.79 Å². The maximum atomic E-state index is 10.7. The number of aromatic nitrogens is 2. The predicted octanol–water partition coefficient (Wildman–Crippen LogP) is 1.22. The number of hydrogen-bond donors (Lipinski definition) is 1. The van der Waals surface area contributed by atoms with Gasteiger partial charge in [0.1, 0.15) is 6.33 Å². The van der Waals surface area contributed by atoms with Crippen molar-refractivity contribution in [3.63, 3.8) is 0 Å². The first-order valence-electron chi connectivity index (χ1n) is 4.34. The van der Waals surface area contributed by atoms with E-state index in [9.17, 15) is 4.79 Å². The Morgan fingerprint density at radius 3 is 2.86 bits per heavy atom. The molecule has 1 aromatic heterocycles. The Morgan fingerprint density at radius 2 is 2.29 bits per heavy atom. The van der Waals surface area contributed by atoms with Gasteiger partial charge < -0.3 is 10.1 Å². The molecular weight excluding hydrogens is 182 g/mol. The lowest BCUT2D eigenvalue weighted by Gasteiger charge is -2.11. The van der Waals surface area contributed by atoms with Crippen molar-refractivity contribution < 1.29 is 9.53 Å². The monoisotopic (exact) mass is 195 g/mol. The Hall–Kier alpha value is -1.65. The molecular formula is C9H13N3O2. The van der Waals surface area contributed by atoms with E-state index in [1.807, 2.05) is 13.8 Å². The minimum absolute atomic E-state index is 0.221. The largest absolute Gasteiger partial charge is 0.421 e. The fourth-order valence-electron chi connectivity index (χ4n) is 0.928. The number of carbonyl (C=O) groups is 1. The summed E-state index contributed by atoms with van der Waals surface area (Å²) in [5.41, 5.74) is 0. The Morgan fingerprint density at radius 1 is 1.57 bits per heavy atom. The summed E-state index contributed by atoms with van der Waals surface area (Å²) < 4.78 is 4.92. The highest BCUT2D eigenvalue weighted by Gasteiger charge is 2.07. The number of rotatable bonds is 3. The molecule has 0 amide bonds. The van der Waals surface area contributed by atoms with Gasteiger partial charge in [-0.25, -0.2) is 9.97 Å². The average Bonchev–Trinajstić information content (AvgIpc) is 2.06. The molecule has 1 rings (SSSR count). The SMILES string of the molecule is CC(=O)Oc1cncnc1NC(C)C. The van der Waals surface area contributed by atoms with Crippen LogP contribution in [0.25, 0.3) is 0 Å². The molecule has 1 N–H and O–H groups in total. The van der Waals surface area contributed by atoms with Gasteiger partial charge in [0.15, 0.2) is 11.6 Å². The number of nitrogens with zero attached hydrogens (tertiary/aromatic N) is 2. The van der Waals surface area contributed by atoms with E-state index >= 15 is 0 Å². The molecule has 0 aromatic carbocycles. The standard InChI is InChI=1S/C9H13N3O2/c1-6(2)12-9-8(14-7(3)13)4-10-5-11-9/h4-6H,1-3H3,(H,10,11,12). The molecule has 14 heavy (non-hydrogen) atoms. The van der Waals surface area contributed by atoms with E-state index in [0.717, 1.165) is 0 Å². The normalized spacial score (nSPS) is 10.0. The van der Waals surface area contributed by atoms with Gasteiger partial charge in [0, 0.05) is 13.0 Å². The topological polar surface area (TPSA) is 64.1 Å². The molecule has 0 spiro atoms. The van der Waals surface area contributed by atoms with Gasteiger partial charge in [-0.05, 0) is 13.8 Å². The van der Waals surface area contributed by atoms with Gasteiger partial charge in [-0.2, -0.15) is 0 Å². The van der Waals surface area contributed by atoms with Crippen LogP contribution in [0.2, 0.25) is 0 Å². The molecule has 1 heterocycles. The lowest BCUT2D eigenvalue weighted by Crippen LogP contribution is -2.13. The average molecular weight is 195 g/mol. The third kappa shape index (κ3) is 3.01. The lowest BCUT2D eigenvalue weighted by molar-refractivity contribution is -0.131. The van der Waals surface area contributed by atoms with Crippen LogP contribution in [0.3, 0.4) is 0 Å². The van der Waals surface area contributed by atoms with Crippen LogP contribution < -0.4 is 10.1 Å². The van der Waals surface area contributed by atoms with Crippen LogP contribution in [0.15, 0.2) is 12.5 Å². The third-order valence-corrected chi connectivity index (χ3v) is 1.36. The summed E-state index contributed by atoms with van der Waals surface area (Å²) in [7, 11) is 0. The van der Waals surface area contributed by atoms with Gasteiger partial charge in [-0.1, -0.05) is 0 Å². The second kappa shape index (κ2) is 4.55. The first-order chi connectivity index (χ1) is 6.59. The molecule has 0 saturated carbocycles. The van der Waals surface area contributed by atoms with E-state index in [1.54, 1.807) is 0 Å². The van der Waals surface area contributed by atoms with Crippen LogP contribution in [-0.4, -0.2) is 22.0 Å². The van der Waals surface area contributed by atoms with Gasteiger partial charge in [0.25, 0.3) is 0 Å². The molecule has 1 aromatic rings. The molecule has 0 aliphatic carbocycles. The molecule has 0 saturated heterocycles. The molecule has 0 radical (unpaired) electrons. The molecule has 0 atom stereocenters. The highest BCUT2D eigenvalue weighted by molar-refractivity contribution is 5.71. The first kappa shape index (κ1) is 10.4. The number of carbonyl (C=O) groups excluding carboxylic acids is 1. The fourth-order valence-corrected chi connectivity index (χ4v) is 0.928. The number of ether oxygens (including phenoxy) is 1. The highest BCUT2D eigenvalue weighted by Crippen LogP contribution is 2.20. The molecule has 0 aliphatic heterocycles. The summed E-state index contributed by atoms with van der Waals surface area (Å²) in [5.74, 6) is 0.505. The van der Waals surface area contributed by atoms with Crippen molar-refractivity contribution in [1.29, 1.82) is 0 Å². The van der Waals surface area contributed by atoms with E-state index in [-0.39, 0.29) is 12.0 Å². The number of hydrogen-bond acceptors (Lipinski definition) is 5. The number of anilines is 1. The summed E-state index contributed by atoms with van der Waals surface area (Å²) in [6, 6.07) is 0.221. The van der Waals surface area contributed by atoms with Crippen molar-refractivity contribution in [2.75, 3.05) is 5.32 Å². The number of nitrogens with one attached hydrogen (secondary N) is 1. The number of esters is 1. The van der Waals surface area contributed by atoms with Crippen LogP contribution in [0.4, 0.5) is 5.82 Å². The van der Waals surface area contributed by atoms with Gasteiger partial charge in [0.2, 0.25) is 0 Å². The highest BCUT2D eigenvalue weighted by atomic mass is 16.5. The molecule has 5 heteroatoms. The maximum absolute atomic E-state index is 10.7. The van der Waals surface area contributed by atoms with Crippen molar-refractivity contribution in [3.8, 4) is 5.75 Å². The van der Waals surface area contributed by atoms with E-state index < -0.39 is 0 Å². The van der Waals surface area contributed by atoms with Crippen molar-refractivity contribution in [1.82, 2.24) is 9.97 Å². The van der Waals surface area contributed by atoms with E-state index in [1.165, 1.54) is 19.4 Å². The minimum Gasteiger partial charge on any atom is -0.421 e. The summed E-state index contributed by atoms with van der Waals surface area (Å²) in [5, 5.41) is 3.05. The van der Waals surface area contributed by atoms with Gasteiger partial charge >= 0.3 is 5.97 Å². The molecule has 0 bridgehead atoms. The minimum atomic E-state index is -0.383. The van der Waals surface area contributed by atoms with E-state index in [0.29, 0.717) is 11.6 Å². The van der Waals surface area contributed by atoms with Gasteiger partial charge in [-0.15, -0.1) is 0 Å². The second-order valence-electron chi connectivity index (χ2n) is 3.13. The van der Waals surface area contributed by atoms with Gasteiger partial charge in [-0.3, -0.25) is 4.79 Å².